The quantitative estimate of drug-likeness (QED) is 0.611. The lowest BCUT2D eigenvalue weighted by Gasteiger charge is -2.54. The van der Waals surface area contributed by atoms with Crippen molar-refractivity contribution in [2.45, 2.75) is 50.6 Å². The van der Waals surface area contributed by atoms with Gasteiger partial charge in [-0.25, -0.2) is 4.79 Å². The van der Waals surface area contributed by atoms with Crippen LogP contribution in [0.4, 0.5) is 4.79 Å². The Kier molecular flexibility index (Phi) is 4.71. The lowest BCUT2D eigenvalue weighted by atomic mass is 9.68. The van der Waals surface area contributed by atoms with Gasteiger partial charge in [-0.05, 0) is 50.5 Å². The summed E-state index contributed by atoms with van der Waals surface area (Å²) in [6, 6.07) is 0.813. The minimum atomic E-state index is -0.404. The van der Waals surface area contributed by atoms with Crippen LogP contribution in [-0.4, -0.2) is 67.2 Å². The van der Waals surface area contributed by atoms with Gasteiger partial charge in [0.1, 0.15) is 6.54 Å². The molecule has 3 saturated heterocycles. The lowest BCUT2D eigenvalue weighted by molar-refractivity contribution is -0.139. The molecule has 4 aliphatic rings. The summed E-state index contributed by atoms with van der Waals surface area (Å²) in [5.74, 6) is 0.797. The summed E-state index contributed by atoms with van der Waals surface area (Å²) in [7, 11) is 1.34. The van der Waals surface area contributed by atoms with Crippen molar-refractivity contribution in [3.8, 4) is 0 Å². The zero-order valence-electron chi connectivity index (χ0n) is 15.1. The molecule has 2 bridgehead atoms. The molecule has 6 heteroatoms. The molecule has 3 heterocycles. The fourth-order valence-electron chi connectivity index (χ4n) is 5.52. The molecule has 3 aliphatic heterocycles. The molecule has 0 aromatic rings. The molecular weight excluding hydrogens is 318 g/mol. The summed E-state index contributed by atoms with van der Waals surface area (Å²) >= 11 is 0. The van der Waals surface area contributed by atoms with Crippen LogP contribution in [0.15, 0.2) is 11.6 Å². The van der Waals surface area contributed by atoms with E-state index in [1.165, 1.54) is 44.9 Å². The Morgan fingerprint density at radius 3 is 3.00 bits per heavy atom. The van der Waals surface area contributed by atoms with Crippen LogP contribution in [0.3, 0.4) is 0 Å². The van der Waals surface area contributed by atoms with Crippen molar-refractivity contribution < 1.29 is 14.3 Å². The summed E-state index contributed by atoms with van der Waals surface area (Å²) < 4.78 is 4.63. The maximum Gasteiger partial charge on any atom is 0.325 e. The Morgan fingerprint density at radius 1 is 1.28 bits per heavy atom. The first-order valence-corrected chi connectivity index (χ1v) is 9.73. The first-order chi connectivity index (χ1) is 12.2. The van der Waals surface area contributed by atoms with E-state index in [-0.39, 0.29) is 18.6 Å². The third kappa shape index (κ3) is 3.16. The summed E-state index contributed by atoms with van der Waals surface area (Å²) in [6.07, 6.45) is 9.83. The first-order valence-electron chi connectivity index (χ1n) is 9.73. The molecule has 3 fully saturated rings. The second-order valence-corrected chi connectivity index (χ2v) is 7.94. The van der Waals surface area contributed by atoms with Gasteiger partial charge < -0.3 is 15.0 Å². The number of esters is 1. The standard InChI is InChI=1S/C19H29N3O3/c1-25-17(23)11-20-19(24)22-8-4-5-13-9-14-10-15(18(13)22)12-21-7-3-2-6-16(14)21/h9,14-16,18H,2-8,10-12H2,1H3,(H,20,24)/t14-,15-,16-,18-/m0/s1. The van der Waals surface area contributed by atoms with E-state index in [9.17, 15) is 9.59 Å². The zero-order valence-corrected chi connectivity index (χ0v) is 15.1. The number of nitrogens with zero attached hydrogens (tertiary/aromatic N) is 2. The highest BCUT2D eigenvalue weighted by molar-refractivity contribution is 5.81. The van der Waals surface area contributed by atoms with E-state index in [0.717, 1.165) is 32.0 Å². The molecule has 0 spiro atoms. The second kappa shape index (κ2) is 6.98. The van der Waals surface area contributed by atoms with E-state index in [4.69, 9.17) is 0 Å². The van der Waals surface area contributed by atoms with Crippen molar-refractivity contribution in [3.63, 3.8) is 0 Å². The normalized spacial score (nSPS) is 34.4. The van der Waals surface area contributed by atoms with Gasteiger partial charge >= 0.3 is 12.0 Å². The number of amides is 2. The number of fused-ring (bicyclic) bond motifs is 6. The number of hydrogen-bond donors (Lipinski definition) is 1. The van der Waals surface area contributed by atoms with Gasteiger partial charge in [0, 0.05) is 19.1 Å². The molecule has 0 unspecified atom stereocenters. The second-order valence-electron chi connectivity index (χ2n) is 7.94. The number of carbonyl (C=O) groups excluding carboxylic acids is 2. The van der Waals surface area contributed by atoms with Crippen LogP contribution in [0.25, 0.3) is 0 Å². The van der Waals surface area contributed by atoms with Crippen LogP contribution in [0.1, 0.15) is 38.5 Å². The van der Waals surface area contributed by atoms with Gasteiger partial charge in [0.25, 0.3) is 0 Å². The molecule has 6 nitrogen and oxygen atoms in total. The van der Waals surface area contributed by atoms with Crippen LogP contribution in [0.2, 0.25) is 0 Å². The number of carbonyl (C=O) groups is 2. The largest absolute Gasteiger partial charge is 0.468 e. The molecule has 0 aromatic carbocycles. The number of piperidine rings is 3. The smallest absolute Gasteiger partial charge is 0.325 e. The Labute approximate surface area is 149 Å². The fourth-order valence-corrected chi connectivity index (χ4v) is 5.52. The Hall–Kier alpha value is -1.56. The summed E-state index contributed by atoms with van der Waals surface area (Å²) in [5.41, 5.74) is 1.46. The molecule has 138 valence electrons. The Balaban J connectivity index is 1.51. The molecule has 25 heavy (non-hydrogen) atoms. The van der Waals surface area contributed by atoms with Crippen LogP contribution in [-0.2, 0) is 9.53 Å². The SMILES string of the molecule is COC(=O)CNC(=O)N1CCCC2=C[C@H]3C[C@@H](CN4CCCC[C@@H]34)[C@H]21. The molecule has 1 aliphatic carbocycles. The highest BCUT2D eigenvalue weighted by atomic mass is 16.5. The fraction of sp³-hybridized carbons (Fsp3) is 0.789. The average Bonchev–Trinajstić information content (AvgIpc) is 2.65. The van der Waals surface area contributed by atoms with E-state index >= 15 is 0 Å². The Bertz CT molecular complexity index is 576. The average molecular weight is 347 g/mol. The molecular formula is C19H29N3O3. The maximum absolute atomic E-state index is 12.7. The van der Waals surface area contributed by atoms with Crippen LogP contribution in [0.5, 0.6) is 0 Å². The van der Waals surface area contributed by atoms with E-state index in [1.54, 1.807) is 0 Å². The number of rotatable bonds is 2. The third-order valence-electron chi connectivity index (χ3n) is 6.53. The Morgan fingerprint density at radius 2 is 2.16 bits per heavy atom. The number of nitrogens with one attached hydrogen (secondary N) is 1. The molecule has 0 radical (unpaired) electrons. The van der Waals surface area contributed by atoms with Gasteiger partial charge in [-0.3, -0.25) is 9.69 Å². The van der Waals surface area contributed by atoms with Crippen LogP contribution >= 0.6 is 0 Å². The zero-order chi connectivity index (χ0) is 17.4. The predicted molar refractivity (Wildman–Crippen MR) is 94.0 cm³/mol. The van der Waals surface area contributed by atoms with Gasteiger partial charge in [0.2, 0.25) is 0 Å². The van der Waals surface area contributed by atoms with Crippen molar-refractivity contribution in [3.05, 3.63) is 11.6 Å². The number of urea groups is 1. The number of methoxy groups -OCH3 is 1. The summed E-state index contributed by atoms with van der Waals surface area (Å²) in [5, 5.41) is 2.74. The van der Waals surface area contributed by atoms with E-state index < -0.39 is 5.97 Å². The number of ether oxygens (including phenoxy) is 1. The van der Waals surface area contributed by atoms with E-state index in [1.807, 2.05) is 4.90 Å². The van der Waals surface area contributed by atoms with Gasteiger partial charge in [-0.15, -0.1) is 0 Å². The van der Waals surface area contributed by atoms with E-state index in [0.29, 0.717) is 11.8 Å². The van der Waals surface area contributed by atoms with Crippen LogP contribution in [0, 0.1) is 11.8 Å². The van der Waals surface area contributed by atoms with Crippen molar-refractivity contribution >= 4 is 12.0 Å². The molecule has 2 amide bonds. The van der Waals surface area contributed by atoms with E-state index in [2.05, 4.69) is 21.0 Å². The molecule has 0 aromatic heterocycles. The topological polar surface area (TPSA) is 61.9 Å². The summed E-state index contributed by atoms with van der Waals surface area (Å²) in [4.78, 5) is 28.7. The van der Waals surface area contributed by atoms with Gasteiger partial charge in [-0.1, -0.05) is 18.1 Å². The lowest BCUT2D eigenvalue weighted by Crippen LogP contribution is -2.61. The van der Waals surface area contributed by atoms with Gasteiger partial charge in [-0.2, -0.15) is 0 Å². The summed E-state index contributed by atoms with van der Waals surface area (Å²) in [6.45, 7) is 3.05. The molecule has 0 saturated carbocycles. The maximum atomic E-state index is 12.7. The van der Waals surface area contributed by atoms with Crippen LogP contribution < -0.4 is 5.32 Å². The minimum absolute atomic E-state index is 0.0565. The van der Waals surface area contributed by atoms with Gasteiger partial charge in [0.15, 0.2) is 0 Å². The van der Waals surface area contributed by atoms with Crippen molar-refractivity contribution in [1.29, 1.82) is 0 Å². The minimum Gasteiger partial charge on any atom is -0.468 e. The van der Waals surface area contributed by atoms with Gasteiger partial charge in [0.05, 0.1) is 13.2 Å². The predicted octanol–water partition coefficient (Wildman–Crippen LogP) is 1.76. The first kappa shape index (κ1) is 16.9. The number of likely N-dealkylation sites (tertiary alicyclic amines) is 1. The molecule has 4 atom stereocenters. The van der Waals surface area contributed by atoms with Crippen molar-refractivity contribution in [2.75, 3.05) is 33.3 Å². The molecule has 4 rings (SSSR count). The third-order valence-corrected chi connectivity index (χ3v) is 6.53. The highest BCUT2D eigenvalue weighted by Gasteiger charge is 2.46. The number of hydrogen-bond acceptors (Lipinski definition) is 4. The molecule has 1 N–H and O–H groups in total. The van der Waals surface area contributed by atoms with Crippen molar-refractivity contribution in [2.24, 2.45) is 11.8 Å². The highest BCUT2D eigenvalue weighted by Crippen LogP contribution is 2.44. The van der Waals surface area contributed by atoms with Crippen molar-refractivity contribution in [1.82, 2.24) is 15.1 Å². The monoisotopic (exact) mass is 347 g/mol.